The Morgan fingerprint density at radius 2 is 2.17 bits per heavy atom. The van der Waals surface area contributed by atoms with E-state index < -0.39 is 0 Å². The molecule has 1 aromatic carbocycles. The molecule has 0 unspecified atom stereocenters. The van der Waals surface area contributed by atoms with E-state index in [0.717, 1.165) is 29.0 Å². The predicted molar refractivity (Wildman–Crippen MR) is 79.4 cm³/mol. The average molecular weight is 310 g/mol. The van der Waals surface area contributed by atoms with Crippen LogP contribution in [0.3, 0.4) is 0 Å². The highest BCUT2D eigenvalue weighted by Crippen LogP contribution is 2.30. The molecule has 98 valence electrons. The van der Waals surface area contributed by atoms with Gasteiger partial charge in [0.15, 0.2) is 5.78 Å². The molecule has 2 rings (SSSR count). The molecule has 0 aromatic heterocycles. The normalized spacial score (nSPS) is 15.3. The zero-order chi connectivity index (χ0) is 13.1. The van der Waals surface area contributed by atoms with Gasteiger partial charge < -0.3 is 4.90 Å². The van der Waals surface area contributed by atoms with Gasteiger partial charge in [0.2, 0.25) is 0 Å². The van der Waals surface area contributed by atoms with Gasteiger partial charge in [-0.1, -0.05) is 6.42 Å². The number of Topliss-reactive ketones (excluding diaryl/α,β-unsaturated/α-hetero) is 1. The van der Waals surface area contributed by atoms with E-state index in [1.807, 2.05) is 6.07 Å². The molecule has 1 aliphatic rings. The van der Waals surface area contributed by atoms with Gasteiger partial charge in [-0.2, -0.15) is 0 Å². The summed E-state index contributed by atoms with van der Waals surface area (Å²) < 4.78 is 0.902. The Hall–Kier alpha value is -0.830. The van der Waals surface area contributed by atoms with Crippen LogP contribution in [0.4, 0.5) is 5.69 Å². The minimum absolute atomic E-state index is 0.107. The fourth-order valence-corrected chi connectivity index (χ4v) is 3.04. The minimum atomic E-state index is 0.107. The lowest BCUT2D eigenvalue weighted by molar-refractivity contribution is 0.101. The summed E-state index contributed by atoms with van der Waals surface area (Å²) in [6.45, 7) is 5.95. The summed E-state index contributed by atoms with van der Waals surface area (Å²) in [4.78, 5) is 13.8. The van der Waals surface area contributed by atoms with Crippen LogP contribution >= 0.6 is 15.9 Å². The van der Waals surface area contributed by atoms with Gasteiger partial charge in [0.25, 0.3) is 0 Å². The molecule has 3 heteroatoms. The fraction of sp³-hybridized carbons (Fsp3) is 0.533. The summed E-state index contributed by atoms with van der Waals surface area (Å²) >= 11 is 3.49. The summed E-state index contributed by atoms with van der Waals surface area (Å²) in [5.41, 5.74) is 1.97. The molecule has 1 saturated carbocycles. The SMILES string of the molecule is CCN(CC1CCC1)c1ccc(C(C)=O)c(Br)c1. The van der Waals surface area contributed by atoms with Crippen molar-refractivity contribution in [2.75, 3.05) is 18.0 Å². The molecule has 0 radical (unpaired) electrons. The zero-order valence-corrected chi connectivity index (χ0v) is 12.7. The maximum Gasteiger partial charge on any atom is 0.160 e. The summed E-state index contributed by atoms with van der Waals surface area (Å²) in [5, 5.41) is 0. The van der Waals surface area contributed by atoms with E-state index in [-0.39, 0.29) is 5.78 Å². The number of anilines is 1. The monoisotopic (exact) mass is 309 g/mol. The van der Waals surface area contributed by atoms with E-state index >= 15 is 0 Å². The van der Waals surface area contributed by atoms with Crippen LogP contribution in [0.25, 0.3) is 0 Å². The van der Waals surface area contributed by atoms with Crippen LogP contribution < -0.4 is 4.90 Å². The summed E-state index contributed by atoms with van der Waals surface area (Å²) in [6.07, 6.45) is 4.11. The van der Waals surface area contributed by atoms with E-state index in [4.69, 9.17) is 0 Å². The highest BCUT2D eigenvalue weighted by Gasteiger charge is 2.20. The standard InChI is InChI=1S/C15H20BrNO/c1-3-17(10-12-5-4-6-12)13-7-8-14(11(2)18)15(16)9-13/h7-9,12H,3-6,10H2,1-2H3. The van der Waals surface area contributed by atoms with Crippen molar-refractivity contribution >= 4 is 27.4 Å². The number of benzene rings is 1. The molecule has 0 heterocycles. The first-order valence-corrected chi connectivity index (χ1v) is 7.46. The van der Waals surface area contributed by atoms with Gasteiger partial charge in [-0.15, -0.1) is 0 Å². The van der Waals surface area contributed by atoms with Crippen molar-refractivity contribution in [3.8, 4) is 0 Å². The van der Waals surface area contributed by atoms with E-state index in [9.17, 15) is 4.79 Å². The topological polar surface area (TPSA) is 20.3 Å². The number of carbonyl (C=O) groups excluding carboxylic acids is 1. The number of rotatable bonds is 5. The Morgan fingerprint density at radius 1 is 1.44 bits per heavy atom. The highest BCUT2D eigenvalue weighted by atomic mass is 79.9. The second-order valence-corrected chi connectivity index (χ2v) is 5.91. The third kappa shape index (κ3) is 2.94. The van der Waals surface area contributed by atoms with E-state index in [0.29, 0.717) is 0 Å². The molecule has 1 aliphatic carbocycles. The molecule has 0 bridgehead atoms. The Balaban J connectivity index is 2.14. The maximum atomic E-state index is 11.4. The number of nitrogens with zero attached hydrogens (tertiary/aromatic N) is 1. The van der Waals surface area contributed by atoms with Crippen molar-refractivity contribution in [3.63, 3.8) is 0 Å². The van der Waals surface area contributed by atoms with Gasteiger partial charge in [-0.3, -0.25) is 4.79 Å². The number of carbonyl (C=O) groups is 1. The van der Waals surface area contributed by atoms with Gasteiger partial charge in [0.1, 0.15) is 0 Å². The van der Waals surface area contributed by atoms with Crippen LogP contribution in [-0.2, 0) is 0 Å². The zero-order valence-electron chi connectivity index (χ0n) is 11.1. The molecular weight excluding hydrogens is 290 g/mol. The Kier molecular flexibility index (Phi) is 4.44. The summed E-state index contributed by atoms with van der Waals surface area (Å²) in [5.74, 6) is 0.965. The third-order valence-electron chi connectivity index (χ3n) is 3.78. The van der Waals surface area contributed by atoms with Crippen molar-refractivity contribution in [2.24, 2.45) is 5.92 Å². The molecule has 0 spiro atoms. The highest BCUT2D eigenvalue weighted by molar-refractivity contribution is 9.10. The second kappa shape index (κ2) is 5.87. The van der Waals surface area contributed by atoms with Crippen molar-refractivity contribution < 1.29 is 4.79 Å². The van der Waals surface area contributed by atoms with E-state index in [2.05, 4.69) is 39.9 Å². The van der Waals surface area contributed by atoms with Crippen LogP contribution in [0, 0.1) is 5.92 Å². The van der Waals surface area contributed by atoms with Gasteiger partial charge >= 0.3 is 0 Å². The molecule has 0 amide bonds. The van der Waals surface area contributed by atoms with Crippen molar-refractivity contribution in [2.45, 2.75) is 33.1 Å². The summed E-state index contributed by atoms with van der Waals surface area (Å²) in [6, 6.07) is 6.05. The molecule has 0 N–H and O–H groups in total. The average Bonchev–Trinajstić information content (AvgIpc) is 2.27. The molecule has 1 fully saturated rings. The second-order valence-electron chi connectivity index (χ2n) is 5.06. The Morgan fingerprint density at radius 3 is 2.61 bits per heavy atom. The fourth-order valence-electron chi connectivity index (χ4n) is 2.39. The van der Waals surface area contributed by atoms with Crippen molar-refractivity contribution in [1.82, 2.24) is 0 Å². The quantitative estimate of drug-likeness (QED) is 0.757. The third-order valence-corrected chi connectivity index (χ3v) is 4.44. The first kappa shape index (κ1) is 13.6. The Bertz CT molecular complexity index is 440. The van der Waals surface area contributed by atoms with Crippen molar-refractivity contribution in [3.05, 3.63) is 28.2 Å². The van der Waals surface area contributed by atoms with Crippen LogP contribution in [0.5, 0.6) is 0 Å². The van der Waals surface area contributed by atoms with E-state index in [1.54, 1.807) is 6.92 Å². The lowest BCUT2D eigenvalue weighted by atomic mass is 9.85. The van der Waals surface area contributed by atoms with Crippen LogP contribution in [-0.4, -0.2) is 18.9 Å². The van der Waals surface area contributed by atoms with Crippen molar-refractivity contribution in [1.29, 1.82) is 0 Å². The van der Waals surface area contributed by atoms with Gasteiger partial charge in [-0.25, -0.2) is 0 Å². The first-order chi connectivity index (χ1) is 8.61. The predicted octanol–water partition coefficient (Wildman–Crippen LogP) is 4.28. The van der Waals surface area contributed by atoms with Gasteiger partial charge in [0.05, 0.1) is 0 Å². The lowest BCUT2D eigenvalue weighted by Gasteiger charge is -2.33. The molecule has 0 saturated heterocycles. The molecule has 0 aliphatic heterocycles. The number of ketones is 1. The first-order valence-electron chi connectivity index (χ1n) is 6.67. The molecular formula is C15H20BrNO. The smallest absolute Gasteiger partial charge is 0.160 e. The lowest BCUT2D eigenvalue weighted by Crippen LogP contribution is -2.32. The van der Waals surface area contributed by atoms with Crippen LogP contribution in [0.15, 0.2) is 22.7 Å². The maximum absolute atomic E-state index is 11.4. The number of hydrogen-bond donors (Lipinski definition) is 0. The Labute approximate surface area is 117 Å². The van der Waals surface area contributed by atoms with Crippen LogP contribution in [0.2, 0.25) is 0 Å². The molecule has 2 nitrogen and oxygen atoms in total. The molecule has 18 heavy (non-hydrogen) atoms. The van der Waals surface area contributed by atoms with Gasteiger partial charge in [0, 0.05) is 28.8 Å². The van der Waals surface area contributed by atoms with E-state index in [1.165, 1.54) is 24.9 Å². The number of hydrogen-bond acceptors (Lipinski definition) is 2. The molecule has 0 atom stereocenters. The van der Waals surface area contributed by atoms with Crippen LogP contribution in [0.1, 0.15) is 43.5 Å². The van der Waals surface area contributed by atoms with Gasteiger partial charge in [-0.05, 0) is 66.7 Å². The minimum Gasteiger partial charge on any atom is -0.372 e. The largest absolute Gasteiger partial charge is 0.372 e. The summed E-state index contributed by atoms with van der Waals surface area (Å²) in [7, 11) is 0. The number of halogens is 1. The molecule has 1 aromatic rings.